The number of methoxy groups -OCH3 is 1. The van der Waals surface area contributed by atoms with Crippen LogP contribution in [0.1, 0.15) is 40.4 Å². The van der Waals surface area contributed by atoms with E-state index >= 15 is 0 Å². The minimum absolute atomic E-state index is 0.0112. The van der Waals surface area contributed by atoms with Crippen LogP contribution in [0.15, 0.2) is 46.9 Å². The van der Waals surface area contributed by atoms with Crippen molar-refractivity contribution < 1.29 is 9.53 Å². The van der Waals surface area contributed by atoms with Gasteiger partial charge in [0.2, 0.25) is 0 Å². The third-order valence-corrected chi connectivity index (χ3v) is 4.78. The van der Waals surface area contributed by atoms with Crippen molar-refractivity contribution in [3.63, 3.8) is 0 Å². The number of ether oxygens (including phenoxy) is 1. The number of carbonyl (C=O) groups is 1. The first-order valence-corrected chi connectivity index (χ1v) is 8.53. The van der Waals surface area contributed by atoms with E-state index in [0.717, 1.165) is 26.9 Å². The van der Waals surface area contributed by atoms with Crippen molar-refractivity contribution in [1.82, 2.24) is 4.90 Å². The first-order chi connectivity index (χ1) is 11.6. The van der Waals surface area contributed by atoms with Crippen molar-refractivity contribution in [1.29, 1.82) is 5.26 Å². The zero-order valence-electron chi connectivity index (χ0n) is 13.3. The van der Waals surface area contributed by atoms with Gasteiger partial charge in [0.15, 0.2) is 0 Å². The van der Waals surface area contributed by atoms with Gasteiger partial charge >= 0.3 is 0 Å². The van der Waals surface area contributed by atoms with Crippen molar-refractivity contribution >= 4 is 21.8 Å². The molecular formula is C19H17BrN2O2. The van der Waals surface area contributed by atoms with Gasteiger partial charge < -0.3 is 9.64 Å². The highest BCUT2D eigenvalue weighted by molar-refractivity contribution is 9.10. The Labute approximate surface area is 149 Å². The highest BCUT2D eigenvalue weighted by Gasteiger charge is 2.33. The van der Waals surface area contributed by atoms with E-state index in [1.165, 1.54) is 0 Å². The molecule has 1 aliphatic heterocycles. The van der Waals surface area contributed by atoms with Gasteiger partial charge in [0.25, 0.3) is 5.91 Å². The van der Waals surface area contributed by atoms with Crippen LogP contribution in [0.3, 0.4) is 0 Å². The monoisotopic (exact) mass is 384 g/mol. The van der Waals surface area contributed by atoms with Gasteiger partial charge in [-0.3, -0.25) is 4.79 Å². The highest BCUT2D eigenvalue weighted by Crippen LogP contribution is 2.36. The maximum absolute atomic E-state index is 12.9. The van der Waals surface area contributed by atoms with E-state index < -0.39 is 0 Å². The second-order valence-electron chi connectivity index (χ2n) is 5.72. The Hall–Kier alpha value is -2.32. The first kappa shape index (κ1) is 16.5. The Morgan fingerprint density at radius 3 is 2.92 bits per heavy atom. The number of benzene rings is 2. The van der Waals surface area contributed by atoms with Gasteiger partial charge in [0.1, 0.15) is 5.75 Å². The maximum Gasteiger partial charge on any atom is 0.255 e. The van der Waals surface area contributed by atoms with Crippen molar-refractivity contribution in [3.05, 3.63) is 63.6 Å². The van der Waals surface area contributed by atoms with Gasteiger partial charge in [-0.2, -0.15) is 5.26 Å². The van der Waals surface area contributed by atoms with Crippen LogP contribution < -0.4 is 4.74 Å². The number of hydrogen-bond donors (Lipinski definition) is 0. The van der Waals surface area contributed by atoms with Crippen LogP contribution in [0.25, 0.3) is 0 Å². The zero-order valence-corrected chi connectivity index (χ0v) is 14.9. The smallest absolute Gasteiger partial charge is 0.255 e. The van der Waals surface area contributed by atoms with Crippen LogP contribution in [0.4, 0.5) is 0 Å². The van der Waals surface area contributed by atoms with E-state index in [1.807, 2.05) is 47.4 Å². The fourth-order valence-corrected chi connectivity index (χ4v) is 3.46. The SMILES string of the molecule is COc1cccc(C(CCC#N)N2Cc3ccc(Br)cc3C2=O)c1. The van der Waals surface area contributed by atoms with Crippen LogP contribution in [0.5, 0.6) is 5.75 Å². The van der Waals surface area contributed by atoms with E-state index in [4.69, 9.17) is 10.00 Å². The molecule has 0 radical (unpaired) electrons. The minimum Gasteiger partial charge on any atom is -0.497 e. The summed E-state index contributed by atoms with van der Waals surface area (Å²) >= 11 is 3.42. The van der Waals surface area contributed by atoms with Crippen molar-refractivity contribution in [2.75, 3.05) is 7.11 Å². The quantitative estimate of drug-likeness (QED) is 0.764. The molecule has 1 atom stereocenters. The fraction of sp³-hybridized carbons (Fsp3) is 0.263. The second-order valence-corrected chi connectivity index (χ2v) is 6.64. The summed E-state index contributed by atoms with van der Waals surface area (Å²) < 4.78 is 6.20. The van der Waals surface area contributed by atoms with E-state index in [-0.39, 0.29) is 11.9 Å². The summed E-state index contributed by atoms with van der Waals surface area (Å²) in [6, 6.07) is 15.6. The Kier molecular flexibility index (Phi) is 4.86. The van der Waals surface area contributed by atoms with E-state index in [0.29, 0.717) is 19.4 Å². The first-order valence-electron chi connectivity index (χ1n) is 7.74. The number of amides is 1. The molecule has 0 saturated heterocycles. The number of carbonyl (C=O) groups excluding carboxylic acids is 1. The fourth-order valence-electron chi connectivity index (χ4n) is 3.10. The molecule has 2 aromatic rings. The van der Waals surface area contributed by atoms with Crippen molar-refractivity contribution in [3.8, 4) is 11.8 Å². The highest BCUT2D eigenvalue weighted by atomic mass is 79.9. The molecule has 1 amide bonds. The molecule has 122 valence electrons. The number of nitrogens with zero attached hydrogens (tertiary/aromatic N) is 2. The van der Waals surface area contributed by atoms with E-state index in [1.54, 1.807) is 7.11 Å². The standard InChI is InChI=1S/C19H17BrN2O2/c1-24-16-5-2-4-13(10-16)18(6-3-9-21)22-12-14-7-8-15(20)11-17(14)19(22)23/h2,4-5,7-8,10-11,18H,3,6,12H2,1H3. The molecule has 0 fully saturated rings. The topological polar surface area (TPSA) is 53.3 Å². The molecule has 1 aliphatic rings. The van der Waals surface area contributed by atoms with Crippen LogP contribution in [-0.4, -0.2) is 17.9 Å². The molecule has 0 bridgehead atoms. The molecule has 0 aliphatic carbocycles. The maximum atomic E-state index is 12.9. The van der Waals surface area contributed by atoms with Gasteiger partial charge in [-0.05, 0) is 41.8 Å². The average molecular weight is 385 g/mol. The largest absolute Gasteiger partial charge is 0.497 e. The van der Waals surface area contributed by atoms with Crippen molar-refractivity contribution in [2.24, 2.45) is 0 Å². The molecule has 1 unspecified atom stereocenters. The summed E-state index contributed by atoms with van der Waals surface area (Å²) in [4.78, 5) is 14.7. The third-order valence-electron chi connectivity index (χ3n) is 4.29. The average Bonchev–Trinajstić information content (AvgIpc) is 2.92. The number of fused-ring (bicyclic) bond motifs is 1. The summed E-state index contributed by atoms with van der Waals surface area (Å²) in [6.07, 6.45) is 0.996. The summed E-state index contributed by atoms with van der Waals surface area (Å²) in [6.45, 7) is 0.564. The molecule has 3 rings (SSSR count). The lowest BCUT2D eigenvalue weighted by Gasteiger charge is -2.28. The lowest BCUT2D eigenvalue weighted by atomic mass is 10.0. The van der Waals surface area contributed by atoms with Gasteiger partial charge in [-0.25, -0.2) is 0 Å². The number of halogens is 1. The van der Waals surface area contributed by atoms with Crippen LogP contribution in [0, 0.1) is 11.3 Å². The Morgan fingerprint density at radius 2 is 2.17 bits per heavy atom. The number of hydrogen-bond acceptors (Lipinski definition) is 3. The second kappa shape index (κ2) is 7.06. The van der Waals surface area contributed by atoms with Crippen LogP contribution in [0.2, 0.25) is 0 Å². The summed E-state index contributed by atoms with van der Waals surface area (Å²) in [5.41, 5.74) is 2.74. The normalized spacial score (nSPS) is 14.2. The van der Waals surface area contributed by atoms with E-state index in [2.05, 4.69) is 22.0 Å². The predicted octanol–water partition coefficient (Wildman–Crippen LogP) is 4.46. The minimum atomic E-state index is -0.140. The van der Waals surface area contributed by atoms with E-state index in [9.17, 15) is 4.79 Å². The third kappa shape index (κ3) is 3.15. The van der Waals surface area contributed by atoms with Gasteiger partial charge in [-0.15, -0.1) is 0 Å². The van der Waals surface area contributed by atoms with Gasteiger partial charge in [-0.1, -0.05) is 34.1 Å². The molecule has 0 saturated carbocycles. The molecule has 5 heteroatoms. The molecule has 0 spiro atoms. The van der Waals surface area contributed by atoms with Crippen LogP contribution in [-0.2, 0) is 6.54 Å². The van der Waals surface area contributed by atoms with Gasteiger partial charge in [0, 0.05) is 23.0 Å². The molecule has 1 heterocycles. The van der Waals surface area contributed by atoms with Crippen LogP contribution >= 0.6 is 15.9 Å². The molecule has 24 heavy (non-hydrogen) atoms. The zero-order chi connectivity index (χ0) is 17.1. The summed E-state index contributed by atoms with van der Waals surface area (Å²) in [5, 5.41) is 9.00. The number of rotatable bonds is 5. The van der Waals surface area contributed by atoms with Crippen molar-refractivity contribution in [2.45, 2.75) is 25.4 Å². The Balaban J connectivity index is 1.95. The molecule has 4 nitrogen and oxygen atoms in total. The molecule has 0 aromatic heterocycles. The Morgan fingerprint density at radius 1 is 1.33 bits per heavy atom. The summed E-state index contributed by atoms with van der Waals surface area (Å²) in [7, 11) is 1.62. The molecule has 2 aromatic carbocycles. The molecule has 0 N–H and O–H groups in total. The lowest BCUT2D eigenvalue weighted by Crippen LogP contribution is -2.29. The Bertz CT molecular complexity index is 813. The lowest BCUT2D eigenvalue weighted by molar-refractivity contribution is 0.0692. The number of nitriles is 1. The summed E-state index contributed by atoms with van der Waals surface area (Å²) in [5.74, 6) is 0.762. The predicted molar refractivity (Wildman–Crippen MR) is 94.6 cm³/mol. The van der Waals surface area contributed by atoms with Gasteiger partial charge in [0.05, 0.1) is 19.2 Å². The molecular weight excluding hydrogens is 368 g/mol.